The Kier molecular flexibility index (Phi) is 4.74. The van der Waals surface area contributed by atoms with Crippen LogP contribution in [-0.2, 0) is 0 Å². The fourth-order valence-corrected chi connectivity index (χ4v) is 0.561. The molecule has 0 aliphatic carbocycles. The van der Waals surface area contributed by atoms with E-state index in [1.54, 1.807) is 0 Å². The Morgan fingerprint density at radius 2 is 1.54 bits per heavy atom. The summed E-state index contributed by atoms with van der Waals surface area (Å²) in [5.74, 6) is 0. The molecule has 0 fully saturated rings. The van der Waals surface area contributed by atoms with Gasteiger partial charge in [-0.2, -0.15) is 0 Å². The van der Waals surface area contributed by atoms with Crippen LogP contribution in [-0.4, -0.2) is 57.4 Å². The third-order valence-electron chi connectivity index (χ3n) is 1.25. The SMILES string of the molecule is NC(=O)N(CO)C(=O)N(CO)CO. The number of carbonyl (C=O) groups excluding carboxylic acids is 2. The first-order chi connectivity index (χ1) is 6.08. The molecule has 8 nitrogen and oxygen atoms in total. The van der Waals surface area contributed by atoms with E-state index in [0.29, 0.717) is 4.90 Å². The van der Waals surface area contributed by atoms with Gasteiger partial charge in [0.1, 0.15) is 20.2 Å². The van der Waals surface area contributed by atoms with Gasteiger partial charge in [0.2, 0.25) is 0 Å². The smallest absolute Gasteiger partial charge is 0.333 e. The molecule has 0 aliphatic heterocycles. The molecule has 0 bridgehead atoms. The molecule has 0 aromatic carbocycles. The lowest BCUT2D eigenvalue weighted by Crippen LogP contribution is -2.49. The number of urea groups is 2. The van der Waals surface area contributed by atoms with Crippen molar-refractivity contribution in [3.8, 4) is 0 Å². The van der Waals surface area contributed by atoms with Crippen LogP contribution in [0.1, 0.15) is 0 Å². The van der Waals surface area contributed by atoms with Gasteiger partial charge in [-0.1, -0.05) is 0 Å². The molecule has 13 heavy (non-hydrogen) atoms. The number of aliphatic hydroxyl groups is 3. The molecule has 0 aromatic rings. The number of hydrogen-bond acceptors (Lipinski definition) is 5. The van der Waals surface area contributed by atoms with Crippen LogP contribution < -0.4 is 5.73 Å². The van der Waals surface area contributed by atoms with Crippen LogP contribution in [0.4, 0.5) is 9.59 Å². The third kappa shape index (κ3) is 2.86. The van der Waals surface area contributed by atoms with Gasteiger partial charge in [-0.25, -0.2) is 14.5 Å². The van der Waals surface area contributed by atoms with Crippen LogP contribution in [0.15, 0.2) is 0 Å². The van der Waals surface area contributed by atoms with E-state index in [-0.39, 0.29) is 4.90 Å². The van der Waals surface area contributed by atoms with Crippen LogP contribution in [0.3, 0.4) is 0 Å². The fourth-order valence-electron chi connectivity index (χ4n) is 0.561. The summed E-state index contributed by atoms with van der Waals surface area (Å²) in [6.45, 7) is -2.47. The zero-order chi connectivity index (χ0) is 10.4. The van der Waals surface area contributed by atoms with Crippen LogP contribution >= 0.6 is 0 Å². The first-order valence-electron chi connectivity index (χ1n) is 3.27. The number of nitrogens with zero attached hydrogens (tertiary/aromatic N) is 2. The molecule has 0 spiro atoms. The molecule has 0 heterocycles. The minimum absolute atomic E-state index is 0.256. The second-order valence-corrected chi connectivity index (χ2v) is 2.01. The van der Waals surface area contributed by atoms with E-state index in [4.69, 9.17) is 21.1 Å². The summed E-state index contributed by atoms with van der Waals surface area (Å²) in [7, 11) is 0. The first-order valence-corrected chi connectivity index (χ1v) is 3.27. The highest BCUT2D eigenvalue weighted by Gasteiger charge is 2.22. The Morgan fingerprint density at radius 3 is 1.77 bits per heavy atom. The molecule has 5 N–H and O–H groups in total. The fraction of sp³-hybridized carbons (Fsp3) is 0.600. The average Bonchev–Trinajstić information content (AvgIpc) is 2.07. The average molecular weight is 193 g/mol. The van der Waals surface area contributed by atoms with E-state index in [2.05, 4.69) is 0 Å². The van der Waals surface area contributed by atoms with E-state index in [1.165, 1.54) is 0 Å². The van der Waals surface area contributed by atoms with Gasteiger partial charge in [0.15, 0.2) is 0 Å². The molecule has 0 radical (unpaired) electrons. The summed E-state index contributed by atoms with van der Waals surface area (Å²) in [5, 5.41) is 25.5. The van der Waals surface area contributed by atoms with Crippen molar-refractivity contribution in [1.29, 1.82) is 0 Å². The number of imide groups is 1. The van der Waals surface area contributed by atoms with Gasteiger partial charge in [-0.3, -0.25) is 4.90 Å². The number of primary amides is 1. The molecule has 0 atom stereocenters. The van der Waals surface area contributed by atoms with E-state index < -0.39 is 32.3 Å². The number of aliphatic hydroxyl groups excluding tert-OH is 3. The zero-order valence-electron chi connectivity index (χ0n) is 6.75. The Bertz CT molecular complexity index is 193. The van der Waals surface area contributed by atoms with Gasteiger partial charge >= 0.3 is 12.1 Å². The number of hydrogen-bond donors (Lipinski definition) is 4. The molecule has 0 saturated carbocycles. The predicted octanol–water partition coefficient (Wildman–Crippen LogP) is -2.36. The van der Waals surface area contributed by atoms with Crippen molar-refractivity contribution in [3.63, 3.8) is 0 Å². The highest BCUT2D eigenvalue weighted by molar-refractivity contribution is 5.92. The zero-order valence-corrected chi connectivity index (χ0v) is 6.75. The summed E-state index contributed by atoms with van der Waals surface area (Å²) >= 11 is 0. The van der Waals surface area contributed by atoms with Crippen molar-refractivity contribution in [1.82, 2.24) is 9.80 Å². The second kappa shape index (κ2) is 5.30. The Labute approximate surface area is 73.8 Å². The third-order valence-corrected chi connectivity index (χ3v) is 1.25. The molecule has 0 aromatic heterocycles. The lowest BCUT2D eigenvalue weighted by molar-refractivity contribution is 0.0350. The van der Waals surface area contributed by atoms with Crippen LogP contribution in [0.2, 0.25) is 0 Å². The first kappa shape index (κ1) is 11.6. The van der Waals surface area contributed by atoms with Gasteiger partial charge in [0, 0.05) is 0 Å². The summed E-state index contributed by atoms with van der Waals surface area (Å²) in [6, 6.07) is -2.24. The van der Waals surface area contributed by atoms with Crippen LogP contribution in [0, 0.1) is 0 Å². The summed E-state index contributed by atoms with van der Waals surface area (Å²) in [5.41, 5.74) is 4.71. The molecule has 0 aliphatic rings. The van der Waals surface area contributed by atoms with E-state index >= 15 is 0 Å². The minimum Gasteiger partial charge on any atom is -0.376 e. The lowest BCUT2D eigenvalue weighted by atomic mass is 10.6. The highest BCUT2D eigenvalue weighted by Crippen LogP contribution is 1.95. The largest absolute Gasteiger partial charge is 0.376 e. The van der Waals surface area contributed by atoms with Gasteiger partial charge in [0.05, 0.1) is 0 Å². The molecule has 8 heteroatoms. The van der Waals surface area contributed by atoms with E-state index in [9.17, 15) is 9.59 Å². The summed E-state index contributed by atoms with van der Waals surface area (Å²) in [6.07, 6.45) is 0. The molecule has 0 rings (SSSR count). The van der Waals surface area contributed by atoms with Gasteiger partial charge < -0.3 is 21.1 Å². The van der Waals surface area contributed by atoms with Crippen molar-refractivity contribution >= 4 is 12.1 Å². The van der Waals surface area contributed by atoms with Crippen LogP contribution in [0.25, 0.3) is 0 Å². The Morgan fingerprint density at radius 1 is 1.08 bits per heavy atom. The van der Waals surface area contributed by atoms with Crippen molar-refractivity contribution in [2.75, 3.05) is 20.2 Å². The highest BCUT2D eigenvalue weighted by atomic mass is 16.3. The van der Waals surface area contributed by atoms with Gasteiger partial charge in [-0.05, 0) is 0 Å². The molecular weight excluding hydrogens is 182 g/mol. The Balaban J connectivity index is 4.43. The standard InChI is InChI=1S/C5H11N3O5/c6-4(12)8(3-11)5(13)7(1-9)2-10/h9-11H,1-3H2,(H2,6,12). The molecule has 4 amide bonds. The molecular formula is C5H11N3O5. The maximum absolute atomic E-state index is 11.0. The Hall–Kier alpha value is -1.38. The molecule has 0 unspecified atom stereocenters. The monoisotopic (exact) mass is 193 g/mol. The predicted molar refractivity (Wildman–Crippen MR) is 39.9 cm³/mol. The lowest BCUT2D eigenvalue weighted by Gasteiger charge is -2.23. The van der Waals surface area contributed by atoms with Crippen molar-refractivity contribution in [2.45, 2.75) is 0 Å². The number of nitrogens with two attached hydrogens (primary N) is 1. The second-order valence-electron chi connectivity index (χ2n) is 2.01. The maximum Gasteiger partial charge on any atom is 0.333 e. The maximum atomic E-state index is 11.0. The summed E-state index contributed by atoms with van der Waals surface area (Å²) in [4.78, 5) is 22.3. The van der Waals surface area contributed by atoms with Gasteiger partial charge in [0.25, 0.3) is 0 Å². The van der Waals surface area contributed by atoms with Crippen molar-refractivity contribution in [2.24, 2.45) is 5.73 Å². The number of rotatable bonds is 3. The van der Waals surface area contributed by atoms with E-state index in [0.717, 1.165) is 0 Å². The van der Waals surface area contributed by atoms with Crippen molar-refractivity contribution in [3.05, 3.63) is 0 Å². The van der Waals surface area contributed by atoms with E-state index in [1.807, 2.05) is 0 Å². The normalized spacial score (nSPS) is 9.46. The number of carbonyl (C=O) groups is 2. The molecule has 0 saturated heterocycles. The van der Waals surface area contributed by atoms with Crippen LogP contribution in [0.5, 0.6) is 0 Å². The number of amides is 4. The van der Waals surface area contributed by atoms with Gasteiger partial charge in [-0.15, -0.1) is 0 Å². The van der Waals surface area contributed by atoms with Crippen molar-refractivity contribution < 1.29 is 24.9 Å². The quantitative estimate of drug-likeness (QED) is 0.373. The summed E-state index contributed by atoms with van der Waals surface area (Å²) < 4.78 is 0. The minimum atomic E-state index is -1.17. The molecule has 76 valence electrons. The topological polar surface area (TPSA) is 127 Å².